The maximum absolute atomic E-state index is 12.4. The summed E-state index contributed by atoms with van der Waals surface area (Å²) in [6.07, 6.45) is 2.47. The van der Waals surface area contributed by atoms with Gasteiger partial charge in [-0.2, -0.15) is 0 Å². The van der Waals surface area contributed by atoms with Crippen LogP contribution in [0.2, 0.25) is 10.0 Å². The van der Waals surface area contributed by atoms with E-state index in [0.29, 0.717) is 29.4 Å². The van der Waals surface area contributed by atoms with E-state index >= 15 is 0 Å². The topological polar surface area (TPSA) is 63.4 Å². The molecule has 2 rings (SSSR count). The molecule has 1 fully saturated rings. The highest BCUT2D eigenvalue weighted by Crippen LogP contribution is 2.25. The van der Waals surface area contributed by atoms with Crippen LogP contribution >= 0.6 is 23.2 Å². The summed E-state index contributed by atoms with van der Waals surface area (Å²) >= 11 is 12.0. The zero-order valence-corrected chi connectivity index (χ0v) is 14.0. The minimum absolute atomic E-state index is 0.0319. The van der Waals surface area contributed by atoms with E-state index in [-0.39, 0.29) is 23.8 Å². The predicted molar refractivity (Wildman–Crippen MR) is 87.9 cm³/mol. The van der Waals surface area contributed by atoms with Crippen LogP contribution in [-0.2, 0) is 16.0 Å². The Balaban J connectivity index is 1.97. The van der Waals surface area contributed by atoms with Crippen LogP contribution in [0.25, 0.3) is 0 Å². The van der Waals surface area contributed by atoms with E-state index in [1.807, 2.05) is 13.0 Å². The van der Waals surface area contributed by atoms with Crippen LogP contribution in [0.3, 0.4) is 0 Å². The number of hydrogen-bond acceptors (Lipinski definition) is 2. The molecule has 0 unspecified atom stereocenters. The molecule has 4 nitrogen and oxygen atoms in total. The Hall–Kier alpha value is -1.26. The van der Waals surface area contributed by atoms with E-state index in [1.165, 1.54) is 0 Å². The number of carbonyl (C=O) groups excluding carboxylic acids is 2. The molecule has 1 heterocycles. The quantitative estimate of drug-likeness (QED) is 0.913. The van der Waals surface area contributed by atoms with E-state index in [4.69, 9.17) is 28.9 Å². The second kappa shape index (κ2) is 7.34. The highest BCUT2D eigenvalue weighted by atomic mass is 35.5. The van der Waals surface area contributed by atoms with Crippen molar-refractivity contribution in [2.45, 2.75) is 38.6 Å². The summed E-state index contributed by atoms with van der Waals surface area (Å²) in [5.74, 6) is -0.533. The van der Waals surface area contributed by atoms with Crippen LogP contribution in [0.4, 0.5) is 0 Å². The first-order valence-electron chi connectivity index (χ1n) is 7.41. The molecule has 0 aliphatic carbocycles. The van der Waals surface area contributed by atoms with Gasteiger partial charge in [0.1, 0.15) is 0 Å². The lowest BCUT2D eigenvalue weighted by molar-refractivity contribution is -0.137. The normalized spacial score (nSPS) is 21.7. The van der Waals surface area contributed by atoms with Gasteiger partial charge in [0, 0.05) is 29.1 Å². The van der Waals surface area contributed by atoms with E-state index in [0.717, 1.165) is 18.4 Å². The Morgan fingerprint density at radius 3 is 2.68 bits per heavy atom. The fourth-order valence-corrected chi connectivity index (χ4v) is 3.30. The predicted octanol–water partition coefficient (Wildman–Crippen LogP) is 3.04. The molecular formula is C16H20Cl2N2O2. The first kappa shape index (κ1) is 17.1. The molecule has 22 heavy (non-hydrogen) atoms. The second-order valence-corrected chi connectivity index (χ2v) is 6.65. The molecule has 0 aromatic heterocycles. The molecule has 0 spiro atoms. The van der Waals surface area contributed by atoms with Crippen LogP contribution in [-0.4, -0.2) is 29.3 Å². The highest BCUT2D eigenvalue weighted by molar-refractivity contribution is 6.35. The van der Waals surface area contributed by atoms with Crippen molar-refractivity contribution in [2.24, 2.45) is 11.7 Å². The maximum Gasteiger partial charge on any atom is 0.223 e. The minimum Gasteiger partial charge on any atom is -0.369 e. The van der Waals surface area contributed by atoms with Crippen LogP contribution in [0.15, 0.2) is 18.2 Å². The van der Waals surface area contributed by atoms with E-state index in [2.05, 4.69) is 0 Å². The lowest BCUT2D eigenvalue weighted by atomic mass is 9.92. The third-order valence-corrected chi connectivity index (χ3v) is 4.82. The van der Waals surface area contributed by atoms with Gasteiger partial charge in [0.2, 0.25) is 11.8 Å². The molecule has 6 heteroatoms. The third-order valence-electron chi connectivity index (χ3n) is 4.23. The number of nitrogens with two attached hydrogens (primary N) is 1. The van der Waals surface area contributed by atoms with Gasteiger partial charge in [-0.3, -0.25) is 9.59 Å². The molecule has 0 radical (unpaired) electrons. The monoisotopic (exact) mass is 342 g/mol. The SMILES string of the molecule is C[C@H]1CC[C@H](C(N)=O)CN1C(=O)CCc1ccc(Cl)cc1Cl. The number of primary amides is 1. The molecule has 1 saturated heterocycles. The summed E-state index contributed by atoms with van der Waals surface area (Å²) in [7, 11) is 0. The van der Waals surface area contributed by atoms with E-state index in [9.17, 15) is 9.59 Å². The molecule has 2 atom stereocenters. The zero-order chi connectivity index (χ0) is 16.3. The van der Waals surface area contributed by atoms with Crippen LogP contribution in [0.5, 0.6) is 0 Å². The molecule has 120 valence electrons. The number of carbonyl (C=O) groups is 2. The molecule has 1 aromatic rings. The maximum atomic E-state index is 12.4. The summed E-state index contributed by atoms with van der Waals surface area (Å²) in [4.78, 5) is 25.5. The first-order chi connectivity index (χ1) is 10.4. The van der Waals surface area contributed by atoms with Crippen LogP contribution in [0, 0.1) is 5.92 Å². The number of rotatable bonds is 4. The molecule has 1 aliphatic rings. The first-order valence-corrected chi connectivity index (χ1v) is 8.16. The number of piperidine rings is 1. The largest absolute Gasteiger partial charge is 0.369 e. The van der Waals surface area contributed by atoms with Crippen LogP contribution in [0.1, 0.15) is 31.7 Å². The van der Waals surface area contributed by atoms with Crippen molar-refractivity contribution in [3.05, 3.63) is 33.8 Å². The Morgan fingerprint density at radius 1 is 1.32 bits per heavy atom. The van der Waals surface area contributed by atoms with Crippen molar-refractivity contribution in [1.29, 1.82) is 0 Å². The van der Waals surface area contributed by atoms with Crippen molar-refractivity contribution in [3.63, 3.8) is 0 Å². The molecule has 0 saturated carbocycles. The number of aryl methyl sites for hydroxylation is 1. The van der Waals surface area contributed by atoms with Gasteiger partial charge in [0.25, 0.3) is 0 Å². The smallest absolute Gasteiger partial charge is 0.223 e. The molecular weight excluding hydrogens is 323 g/mol. The van der Waals surface area contributed by atoms with Crippen molar-refractivity contribution in [3.8, 4) is 0 Å². The Labute approximate surface area is 140 Å². The van der Waals surface area contributed by atoms with E-state index < -0.39 is 0 Å². The number of amides is 2. The number of likely N-dealkylation sites (tertiary alicyclic amines) is 1. The van der Waals surface area contributed by atoms with Crippen LogP contribution < -0.4 is 5.73 Å². The van der Waals surface area contributed by atoms with Crippen molar-refractivity contribution in [1.82, 2.24) is 4.90 Å². The van der Waals surface area contributed by atoms with Gasteiger partial charge in [-0.25, -0.2) is 0 Å². The summed E-state index contributed by atoms with van der Waals surface area (Å²) in [6, 6.07) is 5.42. The zero-order valence-electron chi connectivity index (χ0n) is 12.5. The molecule has 2 amide bonds. The van der Waals surface area contributed by atoms with Gasteiger partial charge >= 0.3 is 0 Å². The lowest BCUT2D eigenvalue weighted by Crippen LogP contribution is -2.48. The van der Waals surface area contributed by atoms with Crippen molar-refractivity contribution in [2.75, 3.05) is 6.54 Å². The summed E-state index contributed by atoms with van der Waals surface area (Å²) < 4.78 is 0. The Kier molecular flexibility index (Phi) is 5.70. The average molecular weight is 343 g/mol. The molecule has 1 aromatic carbocycles. The second-order valence-electron chi connectivity index (χ2n) is 5.81. The highest BCUT2D eigenvalue weighted by Gasteiger charge is 2.31. The number of hydrogen-bond donors (Lipinski definition) is 1. The van der Waals surface area contributed by atoms with Crippen molar-refractivity contribution >= 4 is 35.0 Å². The van der Waals surface area contributed by atoms with Gasteiger partial charge in [0.05, 0.1) is 5.92 Å². The van der Waals surface area contributed by atoms with Crippen molar-refractivity contribution < 1.29 is 9.59 Å². The summed E-state index contributed by atoms with van der Waals surface area (Å²) in [5.41, 5.74) is 6.27. The fraction of sp³-hybridized carbons (Fsp3) is 0.500. The summed E-state index contributed by atoms with van der Waals surface area (Å²) in [5, 5.41) is 1.15. The number of nitrogens with zero attached hydrogens (tertiary/aromatic N) is 1. The molecule has 0 bridgehead atoms. The van der Waals surface area contributed by atoms with E-state index in [1.54, 1.807) is 17.0 Å². The third kappa shape index (κ3) is 4.14. The number of halogens is 2. The summed E-state index contributed by atoms with van der Waals surface area (Å²) in [6.45, 7) is 2.42. The van der Waals surface area contributed by atoms with Gasteiger partial charge < -0.3 is 10.6 Å². The fourth-order valence-electron chi connectivity index (χ4n) is 2.80. The minimum atomic E-state index is -0.328. The standard InChI is InChI=1S/C16H20Cl2N2O2/c1-10-2-3-12(16(19)22)9-20(10)15(21)7-5-11-4-6-13(17)8-14(11)18/h4,6,8,10,12H,2-3,5,7,9H2,1H3,(H2,19,22)/t10-,12-/m0/s1. The molecule has 1 aliphatic heterocycles. The van der Waals surface area contributed by atoms with Gasteiger partial charge in [-0.1, -0.05) is 29.3 Å². The Bertz CT molecular complexity index is 577. The van der Waals surface area contributed by atoms with Gasteiger partial charge in [-0.15, -0.1) is 0 Å². The lowest BCUT2D eigenvalue weighted by Gasteiger charge is -2.37. The van der Waals surface area contributed by atoms with Gasteiger partial charge in [0.15, 0.2) is 0 Å². The average Bonchev–Trinajstić information content (AvgIpc) is 2.46. The molecule has 2 N–H and O–H groups in total. The number of benzene rings is 1. The Morgan fingerprint density at radius 2 is 2.05 bits per heavy atom. The van der Waals surface area contributed by atoms with Gasteiger partial charge in [-0.05, 0) is 43.9 Å².